The summed E-state index contributed by atoms with van der Waals surface area (Å²) in [5.74, 6) is -1.94. The van der Waals surface area contributed by atoms with Crippen LogP contribution in [0.2, 0.25) is 0 Å². The molecule has 8 nitrogen and oxygen atoms in total. The SMILES string of the molecule is NC(=S)[C@@H]1O[C@H](COC(=O)c2ccccc2)[C@H](OC(=O)c2ccccc2)[C@@H]1OC(=O)c1ccccc1. The number of hydrogen-bond donors (Lipinski definition) is 1. The number of esters is 3. The molecule has 3 aromatic carbocycles. The topological polar surface area (TPSA) is 114 Å². The highest BCUT2D eigenvalue weighted by Gasteiger charge is 2.51. The first-order valence-electron chi connectivity index (χ1n) is 11.1. The Morgan fingerprint density at radius 3 is 1.56 bits per heavy atom. The van der Waals surface area contributed by atoms with E-state index in [-0.39, 0.29) is 22.7 Å². The van der Waals surface area contributed by atoms with E-state index in [0.717, 1.165) is 0 Å². The highest BCUT2D eigenvalue weighted by molar-refractivity contribution is 7.80. The highest BCUT2D eigenvalue weighted by atomic mass is 32.1. The molecular weight excluding hydrogens is 482 g/mol. The van der Waals surface area contributed by atoms with Crippen molar-refractivity contribution >= 4 is 35.1 Å². The second-order valence-corrected chi connectivity index (χ2v) is 8.41. The Kier molecular flexibility index (Phi) is 8.04. The Morgan fingerprint density at radius 1 is 0.694 bits per heavy atom. The quantitative estimate of drug-likeness (QED) is 0.280. The first-order chi connectivity index (χ1) is 17.4. The minimum atomic E-state index is -1.16. The second-order valence-electron chi connectivity index (χ2n) is 7.93. The molecule has 0 aliphatic carbocycles. The van der Waals surface area contributed by atoms with Crippen molar-refractivity contribution in [3.8, 4) is 0 Å². The molecule has 4 atom stereocenters. The predicted molar refractivity (Wildman–Crippen MR) is 133 cm³/mol. The molecule has 1 fully saturated rings. The molecule has 0 aromatic heterocycles. The van der Waals surface area contributed by atoms with Crippen molar-refractivity contribution in [3.63, 3.8) is 0 Å². The Hall–Kier alpha value is -4.08. The maximum atomic E-state index is 12.9. The van der Waals surface area contributed by atoms with Gasteiger partial charge in [0.05, 0.1) is 16.7 Å². The third-order valence-electron chi connectivity index (χ3n) is 5.48. The average Bonchev–Trinajstić information content (AvgIpc) is 3.25. The molecule has 0 radical (unpaired) electrons. The first-order valence-corrected chi connectivity index (χ1v) is 11.5. The second kappa shape index (κ2) is 11.6. The van der Waals surface area contributed by atoms with Gasteiger partial charge in [-0.05, 0) is 36.4 Å². The van der Waals surface area contributed by atoms with Crippen LogP contribution >= 0.6 is 12.2 Å². The van der Waals surface area contributed by atoms with Crippen molar-refractivity contribution in [1.82, 2.24) is 0 Å². The molecule has 184 valence electrons. The van der Waals surface area contributed by atoms with Crippen LogP contribution in [0.3, 0.4) is 0 Å². The smallest absolute Gasteiger partial charge is 0.338 e. The van der Waals surface area contributed by atoms with Crippen LogP contribution in [0.4, 0.5) is 0 Å². The van der Waals surface area contributed by atoms with E-state index in [1.807, 2.05) is 0 Å². The summed E-state index contributed by atoms with van der Waals surface area (Å²) >= 11 is 5.14. The van der Waals surface area contributed by atoms with Gasteiger partial charge in [-0.2, -0.15) is 0 Å². The molecule has 1 aliphatic heterocycles. The lowest BCUT2D eigenvalue weighted by Gasteiger charge is -2.24. The lowest BCUT2D eigenvalue weighted by molar-refractivity contribution is -0.0436. The minimum Gasteiger partial charge on any atom is -0.459 e. The van der Waals surface area contributed by atoms with Gasteiger partial charge in [-0.3, -0.25) is 0 Å². The fourth-order valence-corrected chi connectivity index (χ4v) is 3.90. The molecule has 1 saturated heterocycles. The molecule has 3 aromatic rings. The van der Waals surface area contributed by atoms with Crippen LogP contribution in [0.5, 0.6) is 0 Å². The maximum absolute atomic E-state index is 12.9. The first kappa shape index (κ1) is 25.0. The number of ether oxygens (including phenoxy) is 4. The molecule has 2 N–H and O–H groups in total. The summed E-state index contributed by atoms with van der Waals surface area (Å²) in [6, 6.07) is 25.0. The molecular formula is C27H23NO7S. The average molecular weight is 506 g/mol. The molecule has 36 heavy (non-hydrogen) atoms. The predicted octanol–water partition coefficient (Wildman–Crippen LogP) is 3.35. The monoisotopic (exact) mass is 505 g/mol. The van der Waals surface area contributed by atoms with Crippen LogP contribution in [0.15, 0.2) is 91.0 Å². The lowest BCUT2D eigenvalue weighted by atomic mass is 10.1. The number of rotatable bonds is 8. The Labute approximate surface area is 212 Å². The van der Waals surface area contributed by atoms with Gasteiger partial charge in [0.25, 0.3) is 0 Å². The molecule has 1 heterocycles. The van der Waals surface area contributed by atoms with Gasteiger partial charge in [0, 0.05) is 0 Å². The summed E-state index contributed by atoms with van der Waals surface area (Å²) in [6.45, 7) is -0.293. The zero-order chi connectivity index (χ0) is 25.5. The van der Waals surface area contributed by atoms with Crippen LogP contribution in [0, 0.1) is 0 Å². The van der Waals surface area contributed by atoms with E-state index < -0.39 is 42.3 Å². The van der Waals surface area contributed by atoms with E-state index in [9.17, 15) is 14.4 Å². The van der Waals surface area contributed by atoms with E-state index in [1.165, 1.54) is 0 Å². The number of carbonyl (C=O) groups is 3. The number of carbonyl (C=O) groups excluding carboxylic acids is 3. The van der Waals surface area contributed by atoms with Crippen LogP contribution in [-0.4, -0.2) is 53.9 Å². The van der Waals surface area contributed by atoms with E-state index in [4.69, 9.17) is 36.9 Å². The molecule has 0 amide bonds. The minimum absolute atomic E-state index is 0.0986. The van der Waals surface area contributed by atoms with Gasteiger partial charge < -0.3 is 24.7 Å². The summed E-state index contributed by atoms with van der Waals surface area (Å²) in [4.78, 5) is 38.1. The molecule has 0 unspecified atom stereocenters. The molecule has 0 bridgehead atoms. The Bertz CT molecular complexity index is 1220. The normalized spacial score (nSPS) is 20.8. The standard InChI is InChI=1S/C27H23NO7S/c28-24(36)23-22(35-27(31)19-14-8-3-9-15-19)21(34-26(30)18-12-6-2-7-13-18)20(33-23)16-32-25(29)17-10-4-1-5-11-17/h1-15,20-23H,16H2,(H2,28,36)/t20-,21+,22+,23-/m1/s1. The van der Waals surface area contributed by atoms with Gasteiger partial charge in [-0.15, -0.1) is 0 Å². The van der Waals surface area contributed by atoms with Gasteiger partial charge in [-0.25, -0.2) is 14.4 Å². The Balaban J connectivity index is 1.58. The van der Waals surface area contributed by atoms with Crippen molar-refractivity contribution in [2.75, 3.05) is 6.61 Å². The molecule has 9 heteroatoms. The summed E-state index contributed by atoms with van der Waals surface area (Å²) < 4.78 is 22.7. The zero-order valence-corrected chi connectivity index (χ0v) is 19.8. The highest BCUT2D eigenvalue weighted by Crippen LogP contribution is 2.29. The summed E-state index contributed by atoms with van der Waals surface area (Å²) in [5.41, 5.74) is 6.79. The third kappa shape index (κ3) is 5.94. The van der Waals surface area contributed by atoms with E-state index in [1.54, 1.807) is 91.0 Å². The number of nitrogens with two attached hydrogens (primary N) is 1. The zero-order valence-electron chi connectivity index (χ0n) is 19.0. The van der Waals surface area contributed by atoms with Crippen molar-refractivity contribution in [2.45, 2.75) is 24.4 Å². The van der Waals surface area contributed by atoms with Crippen molar-refractivity contribution in [1.29, 1.82) is 0 Å². The van der Waals surface area contributed by atoms with Crippen molar-refractivity contribution in [2.24, 2.45) is 5.73 Å². The fraction of sp³-hybridized carbons (Fsp3) is 0.185. The summed E-state index contributed by atoms with van der Waals surface area (Å²) in [5, 5.41) is 0. The van der Waals surface area contributed by atoms with Crippen LogP contribution in [0.25, 0.3) is 0 Å². The van der Waals surface area contributed by atoms with E-state index >= 15 is 0 Å². The number of hydrogen-bond acceptors (Lipinski definition) is 8. The van der Waals surface area contributed by atoms with Crippen LogP contribution in [-0.2, 0) is 18.9 Å². The van der Waals surface area contributed by atoms with Gasteiger partial charge in [-0.1, -0.05) is 66.8 Å². The molecule has 1 aliphatic rings. The van der Waals surface area contributed by atoms with Crippen LogP contribution in [0.1, 0.15) is 31.1 Å². The maximum Gasteiger partial charge on any atom is 0.338 e. The summed E-state index contributed by atoms with van der Waals surface area (Å²) in [6.07, 6.45) is -4.38. The van der Waals surface area contributed by atoms with Crippen molar-refractivity contribution < 1.29 is 33.3 Å². The van der Waals surface area contributed by atoms with E-state index in [0.29, 0.717) is 5.56 Å². The molecule has 0 saturated carbocycles. The van der Waals surface area contributed by atoms with Gasteiger partial charge in [0.2, 0.25) is 0 Å². The van der Waals surface area contributed by atoms with Crippen molar-refractivity contribution in [3.05, 3.63) is 108 Å². The van der Waals surface area contributed by atoms with Gasteiger partial charge in [0.1, 0.15) is 23.8 Å². The summed E-state index contributed by atoms with van der Waals surface area (Å²) in [7, 11) is 0. The molecule has 0 spiro atoms. The lowest BCUT2D eigenvalue weighted by Crippen LogP contribution is -2.44. The molecule has 4 rings (SSSR count). The van der Waals surface area contributed by atoms with Gasteiger partial charge in [0.15, 0.2) is 12.2 Å². The third-order valence-corrected chi connectivity index (χ3v) is 5.72. The fourth-order valence-electron chi connectivity index (χ4n) is 3.71. The number of benzene rings is 3. The largest absolute Gasteiger partial charge is 0.459 e. The van der Waals surface area contributed by atoms with E-state index in [2.05, 4.69) is 0 Å². The number of thiocarbonyl (C=S) groups is 1. The van der Waals surface area contributed by atoms with Crippen LogP contribution < -0.4 is 5.73 Å². The Morgan fingerprint density at radius 2 is 1.11 bits per heavy atom. The van der Waals surface area contributed by atoms with Gasteiger partial charge >= 0.3 is 17.9 Å².